The maximum atomic E-state index is 12.9. The van der Waals surface area contributed by atoms with Gasteiger partial charge in [0.25, 0.3) is 0 Å². The third-order valence-corrected chi connectivity index (χ3v) is 5.51. The number of carbonyl (C=O) groups is 2. The van der Waals surface area contributed by atoms with Gasteiger partial charge in [0.2, 0.25) is 11.8 Å². The summed E-state index contributed by atoms with van der Waals surface area (Å²) >= 11 is 0. The topological polar surface area (TPSA) is 81.0 Å². The number of fused-ring (bicyclic) bond motifs is 2. The van der Waals surface area contributed by atoms with Crippen molar-refractivity contribution in [2.45, 2.75) is 27.2 Å². The van der Waals surface area contributed by atoms with Crippen LogP contribution in [0, 0.1) is 13.8 Å². The number of nitrogens with one attached hydrogen (secondary N) is 1. The lowest BCUT2D eigenvalue weighted by Crippen LogP contribution is -2.38. The number of hydrogen-bond donors (Lipinski definition) is 1. The van der Waals surface area contributed by atoms with E-state index in [1.807, 2.05) is 32.9 Å². The third-order valence-electron chi connectivity index (χ3n) is 5.51. The van der Waals surface area contributed by atoms with E-state index in [1.54, 1.807) is 24.5 Å². The number of aryl methyl sites for hydroxylation is 2. The second-order valence-electron chi connectivity index (χ2n) is 7.68. The Morgan fingerprint density at radius 3 is 2.55 bits per heavy atom. The maximum Gasteiger partial charge on any atom is 0.243 e. The van der Waals surface area contributed by atoms with E-state index >= 15 is 0 Å². The molecule has 1 aliphatic rings. The number of hydrogen-bond acceptors (Lipinski definition) is 5. The van der Waals surface area contributed by atoms with E-state index < -0.39 is 0 Å². The molecule has 0 radical (unpaired) electrons. The van der Waals surface area contributed by atoms with Crippen LogP contribution in [-0.2, 0) is 16.0 Å². The highest BCUT2D eigenvalue weighted by Gasteiger charge is 2.19. The van der Waals surface area contributed by atoms with Crippen LogP contribution in [0.1, 0.15) is 23.6 Å². The average molecular weight is 422 g/mol. The minimum atomic E-state index is -0.268. The van der Waals surface area contributed by atoms with Gasteiger partial charge in [-0.15, -0.1) is 0 Å². The summed E-state index contributed by atoms with van der Waals surface area (Å²) in [4.78, 5) is 27.0. The summed E-state index contributed by atoms with van der Waals surface area (Å²) < 4.78 is 16.7. The largest absolute Gasteiger partial charge is 0.486 e. The van der Waals surface area contributed by atoms with Crippen molar-refractivity contribution in [2.24, 2.45) is 0 Å². The number of benzene rings is 2. The summed E-state index contributed by atoms with van der Waals surface area (Å²) in [7, 11) is 0. The minimum absolute atomic E-state index is 0.0301. The Hall–Kier alpha value is -3.48. The Labute approximate surface area is 180 Å². The van der Waals surface area contributed by atoms with Crippen molar-refractivity contribution in [2.75, 3.05) is 31.6 Å². The van der Waals surface area contributed by atoms with Gasteiger partial charge in [0.1, 0.15) is 18.8 Å². The molecule has 0 saturated heterocycles. The molecule has 7 nitrogen and oxygen atoms in total. The first-order valence-corrected chi connectivity index (χ1v) is 10.4. The van der Waals surface area contributed by atoms with Crippen LogP contribution in [0.5, 0.6) is 11.5 Å². The van der Waals surface area contributed by atoms with Crippen molar-refractivity contribution in [3.63, 3.8) is 0 Å². The van der Waals surface area contributed by atoms with Crippen LogP contribution in [0.4, 0.5) is 5.69 Å². The van der Waals surface area contributed by atoms with Crippen LogP contribution in [0.25, 0.3) is 11.0 Å². The monoisotopic (exact) mass is 422 g/mol. The predicted molar refractivity (Wildman–Crippen MR) is 118 cm³/mol. The number of furan rings is 1. The molecular weight excluding hydrogens is 396 g/mol. The van der Waals surface area contributed by atoms with Gasteiger partial charge in [-0.25, -0.2) is 0 Å². The Bertz CT molecular complexity index is 1130. The number of carbonyl (C=O) groups excluding carboxylic acids is 2. The van der Waals surface area contributed by atoms with Gasteiger partial charge in [0.15, 0.2) is 11.5 Å². The van der Waals surface area contributed by atoms with Crippen LogP contribution in [0.3, 0.4) is 0 Å². The smallest absolute Gasteiger partial charge is 0.243 e. The molecule has 162 valence electrons. The van der Waals surface area contributed by atoms with E-state index in [0.29, 0.717) is 36.9 Å². The zero-order valence-corrected chi connectivity index (χ0v) is 18.0. The quantitative estimate of drug-likeness (QED) is 0.653. The number of amides is 2. The number of rotatable bonds is 6. The Balaban J connectivity index is 1.41. The van der Waals surface area contributed by atoms with E-state index in [-0.39, 0.29) is 24.8 Å². The van der Waals surface area contributed by atoms with Crippen molar-refractivity contribution >= 4 is 28.5 Å². The molecule has 3 aromatic rings. The zero-order chi connectivity index (χ0) is 22.0. The van der Waals surface area contributed by atoms with Gasteiger partial charge < -0.3 is 24.1 Å². The average Bonchev–Trinajstić information content (AvgIpc) is 3.13. The molecule has 1 aliphatic heterocycles. The molecule has 2 aromatic carbocycles. The van der Waals surface area contributed by atoms with Gasteiger partial charge in [-0.2, -0.15) is 0 Å². The van der Waals surface area contributed by atoms with Crippen molar-refractivity contribution in [3.05, 3.63) is 53.3 Å². The Kier molecular flexibility index (Phi) is 5.84. The minimum Gasteiger partial charge on any atom is -0.486 e. The first-order valence-electron chi connectivity index (χ1n) is 10.4. The Morgan fingerprint density at radius 2 is 1.77 bits per heavy atom. The number of ether oxygens (including phenoxy) is 2. The summed E-state index contributed by atoms with van der Waals surface area (Å²) in [6.07, 6.45) is 1.81. The van der Waals surface area contributed by atoms with Gasteiger partial charge in [-0.3, -0.25) is 9.59 Å². The van der Waals surface area contributed by atoms with E-state index in [9.17, 15) is 9.59 Å². The van der Waals surface area contributed by atoms with Crippen molar-refractivity contribution < 1.29 is 23.5 Å². The summed E-state index contributed by atoms with van der Waals surface area (Å²) in [5.41, 5.74) is 4.49. The lowest BCUT2D eigenvalue weighted by Gasteiger charge is -2.21. The van der Waals surface area contributed by atoms with Crippen LogP contribution >= 0.6 is 0 Å². The second-order valence-corrected chi connectivity index (χ2v) is 7.68. The molecule has 2 heterocycles. The number of likely N-dealkylation sites (N-methyl/N-ethyl adjacent to an activating group) is 1. The molecule has 31 heavy (non-hydrogen) atoms. The van der Waals surface area contributed by atoms with Crippen molar-refractivity contribution in [3.8, 4) is 11.5 Å². The highest BCUT2D eigenvalue weighted by molar-refractivity contribution is 5.96. The first kappa shape index (κ1) is 20.8. The molecule has 0 saturated carbocycles. The van der Waals surface area contributed by atoms with Crippen molar-refractivity contribution in [1.82, 2.24) is 4.90 Å². The predicted octanol–water partition coefficient (Wildman–Crippen LogP) is 3.85. The second kappa shape index (κ2) is 8.71. The molecule has 1 aromatic heterocycles. The van der Waals surface area contributed by atoms with Gasteiger partial charge in [-0.05, 0) is 56.2 Å². The van der Waals surface area contributed by atoms with Crippen molar-refractivity contribution in [1.29, 1.82) is 0 Å². The van der Waals surface area contributed by atoms with E-state index in [1.165, 1.54) is 4.90 Å². The van der Waals surface area contributed by atoms with Gasteiger partial charge in [0.05, 0.1) is 19.2 Å². The molecule has 4 rings (SSSR count). The van der Waals surface area contributed by atoms with Crippen LogP contribution in [-0.4, -0.2) is 43.0 Å². The molecule has 1 N–H and O–H groups in total. The fourth-order valence-electron chi connectivity index (χ4n) is 3.62. The number of nitrogens with zero attached hydrogens (tertiary/aromatic N) is 1. The molecule has 7 heteroatoms. The molecule has 0 unspecified atom stereocenters. The van der Waals surface area contributed by atoms with Crippen LogP contribution in [0.15, 0.2) is 41.0 Å². The van der Waals surface area contributed by atoms with E-state index in [2.05, 4.69) is 5.32 Å². The Morgan fingerprint density at radius 1 is 1.03 bits per heavy atom. The molecule has 0 fully saturated rings. The summed E-state index contributed by atoms with van der Waals surface area (Å²) in [5.74, 6) is 0.869. The standard InChI is InChI=1S/C24H26N2O5/c1-4-26(13-23(27)25-18-5-6-20-22(12-18)30-8-7-29-20)24(28)11-17-14-31-21-10-16(3)15(2)9-19(17)21/h5-6,9-10,12,14H,4,7-8,11,13H2,1-3H3,(H,25,27). The fourth-order valence-corrected chi connectivity index (χ4v) is 3.62. The normalized spacial score (nSPS) is 12.6. The SMILES string of the molecule is CCN(CC(=O)Nc1ccc2c(c1)OCCO2)C(=O)Cc1coc2cc(C)c(C)cc12. The maximum absolute atomic E-state index is 12.9. The first-order chi connectivity index (χ1) is 14.9. The third kappa shape index (κ3) is 4.50. The molecule has 2 amide bonds. The molecule has 0 bridgehead atoms. The van der Waals surface area contributed by atoms with E-state index in [0.717, 1.165) is 27.7 Å². The van der Waals surface area contributed by atoms with Gasteiger partial charge in [0, 0.05) is 29.2 Å². The van der Waals surface area contributed by atoms with E-state index in [4.69, 9.17) is 13.9 Å². The number of anilines is 1. The fraction of sp³-hybridized carbons (Fsp3) is 0.333. The van der Waals surface area contributed by atoms with Gasteiger partial charge in [-0.1, -0.05) is 0 Å². The molecule has 0 aliphatic carbocycles. The lowest BCUT2D eigenvalue weighted by atomic mass is 10.0. The van der Waals surface area contributed by atoms with Crippen LogP contribution in [0.2, 0.25) is 0 Å². The summed E-state index contributed by atoms with van der Waals surface area (Å²) in [5, 5.41) is 3.77. The highest BCUT2D eigenvalue weighted by atomic mass is 16.6. The summed E-state index contributed by atoms with van der Waals surface area (Å²) in [6.45, 7) is 7.31. The summed E-state index contributed by atoms with van der Waals surface area (Å²) in [6, 6.07) is 9.27. The molecule has 0 spiro atoms. The molecular formula is C24H26N2O5. The van der Waals surface area contributed by atoms with Crippen LogP contribution < -0.4 is 14.8 Å². The highest BCUT2D eigenvalue weighted by Crippen LogP contribution is 2.32. The van der Waals surface area contributed by atoms with Gasteiger partial charge >= 0.3 is 0 Å². The lowest BCUT2D eigenvalue weighted by molar-refractivity contribution is -0.133. The molecule has 0 atom stereocenters. The zero-order valence-electron chi connectivity index (χ0n) is 18.0.